The Morgan fingerprint density at radius 1 is 0.912 bits per heavy atom. The van der Waals surface area contributed by atoms with E-state index in [1.807, 2.05) is 39.0 Å². The van der Waals surface area contributed by atoms with E-state index in [0.29, 0.717) is 41.0 Å². The molecule has 0 aliphatic carbocycles. The van der Waals surface area contributed by atoms with E-state index < -0.39 is 11.8 Å². The minimum atomic E-state index is -0.872. The summed E-state index contributed by atoms with van der Waals surface area (Å²) in [4.78, 5) is 24.2. The molecule has 3 rings (SSSR count). The zero-order chi connectivity index (χ0) is 24.5. The number of hydrogen-bond acceptors (Lipinski definition) is 5. The van der Waals surface area contributed by atoms with Crippen molar-refractivity contribution in [2.45, 2.75) is 27.4 Å². The Bertz CT molecular complexity index is 1170. The van der Waals surface area contributed by atoms with Crippen LogP contribution < -0.4 is 20.2 Å². The van der Waals surface area contributed by atoms with E-state index in [-0.39, 0.29) is 0 Å². The number of ether oxygens (including phenoxy) is 2. The fourth-order valence-corrected chi connectivity index (χ4v) is 3.31. The van der Waals surface area contributed by atoms with Gasteiger partial charge in [0.1, 0.15) is 6.61 Å². The Kier molecular flexibility index (Phi) is 8.65. The van der Waals surface area contributed by atoms with E-state index in [9.17, 15) is 9.59 Å². The fourth-order valence-electron chi connectivity index (χ4n) is 3.19. The molecule has 0 saturated heterocycles. The third kappa shape index (κ3) is 7.35. The molecule has 8 heteroatoms. The highest BCUT2D eigenvalue weighted by Gasteiger charge is 2.13. The van der Waals surface area contributed by atoms with Crippen molar-refractivity contribution in [2.75, 3.05) is 11.9 Å². The summed E-state index contributed by atoms with van der Waals surface area (Å²) in [5.41, 5.74) is 6.39. The van der Waals surface area contributed by atoms with Crippen LogP contribution in [0.4, 0.5) is 5.69 Å². The minimum Gasteiger partial charge on any atom is -0.490 e. The highest BCUT2D eigenvalue weighted by Crippen LogP contribution is 2.29. The van der Waals surface area contributed by atoms with E-state index in [4.69, 9.17) is 21.1 Å². The van der Waals surface area contributed by atoms with Crippen molar-refractivity contribution in [1.29, 1.82) is 0 Å². The Balaban J connectivity index is 1.59. The lowest BCUT2D eigenvalue weighted by Gasteiger charge is -2.12. The number of anilines is 1. The summed E-state index contributed by atoms with van der Waals surface area (Å²) in [5.74, 6) is -0.559. The molecule has 0 aliphatic rings. The maximum Gasteiger partial charge on any atom is 0.329 e. The van der Waals surface area contributed by atoms with E-state index in [2.05, 4.69) is 15.8 Å². The second kappa shape index (κ2) is 11.9. The van der Waals surface area contributed by atoms with Gasteiger partial charge in [0.25, 0.3) is 0 Å². The van der Waals surface area contributed by atoms with E-state index in [1.54, 1.807) is 42.5 Å². The molecule has 0 atom stereocenters. The first-order valence-electron chi connectivity index (χ1n) is 10.7. The fraction of sp³-hybridized carbons (Fsp3) is 0.192. The summed E-state index contributed by atoms with van der Waals surface area (Å²) in [5, 5.41) is 7.11. The summed E-state index contributed by atoms with van der Waals surface area (Å²) in [6, 6.07) is 18.2. The maximum atomic E-state index is 12.1. The SMILES string of the molecule is CCOc1cc(/C=N/NC(=O)C(=O)Nc2cc(C)cc(C)c2)ccc1OCc1ccc(Cl)cc1. The van der Waals surface area contributed by atoms with Crippen LogP contribution in [-0.2, 0) is 16.2 Å². The number of benzene rings is 3. The number of aryl methyl sites for hydroxylation is 2. The molecular weight excluding hydrogens is 454 g/mol. The highest BCUT2D eigenvalue weighted by atomic mass is 35.5. The van der Waals surface area contributed by atoms with E-state index in [0.717, 1.165) is 16.7 Å². The van der Waals surface area contributed by atoms with Crippen molar-refractivity contribution in [3.8, 4) is 11.5 Å². The number of carbonyl (C=O) groups is 2. The lowest BCUT2D eigenvalue weighted by atomic mass is 10.1. The molecule has 0 unspecified atom stereocenters. The van der Waals surface area contributed by atoms with E-state index >= 15 is 0 Å². The topological polar surface area (TPSA) is 89.0 Å². The van der Waals surface area contributed by atoms with Gasteiger partial charge in [-0.1, -0.05) is 29.8 Å². The predicted molar refractivity (Wildman–Crippen MR) is 134 cm³/mol. The van der Waals surface area contributed by atoms with Crippen LogP contribution in [0, 0.1) is 13.8 Å². The number of halogens is 1. The van der Waals surface area contributed by atoms with Gasteiger partial charge < -0.3 is 14.8 Å². The second-order valence-electron chi connectivity index (χ2n) is 7.58. The summed E-state index contributed by atoms with van der Waals surface area (Å²) in [7, 11) is 0. The quantitative estimate of drug-likeness (QED) is 0.269. The Hall–Kier alpha value is -3.84. The molecule has 0 aliphatic heterocycles. The van der Waals surface area contributed by atoms with Crippen LogP contribution in [0.5, 0.6) is 11.5 Å². The van der Waals surface area contributed by atoms with Crippen molar-refractivity contribution in [2.24, 2.45) is 5.10 Å². The lowest BCUT2D eigenvalue weighted by molar-refractivity contribution is -0.136. The third-order valence-corrected chi connectivity index (χ3v) is 4.89. The molecule has 2 amide bonds. The van der Waals surface area contributed by atoms with Crippen LogP contribution in [-0.4, -0.2) is 24.6 Å². The average Bonchev–Trinajstić information content (AvgIpc) is 2.79. The first kappa shape index (κ1) is 24.8. The molecule has 0 bridgehead atoms. The Morgan fingerprint density at radius 3 is 2.29 bits per heavy atom. The molecule has 0 heterocycles. The summed E-state index contributed by atoms with van der Waals surface area (Å²) < 4.78 is 11.6. The molecule has 3 aromatic carbocycles. The van der Waals surface area contributed by atoms with Gasteiger partial charge in [0.2, 0.25) is 0 Å². The van der Waals surface area contributed by atoms with Gasteiger partial charge in [-0.25, -0.2) is 5.43 Å². The number of hydrogen-bond donors (Lipinski definition) is 2. The molecule has 34 heavy (non-hydrogen) atoms. The monoisotopic (exact) mass is 479 g/mol. The number of nitrogens with zero attached hydrogens (tertiary/aromatic N) is 1. The molecule has 0 radical (unpaired) electrons. The largest absolute Gasteiger partial charge is 0.490 e. The number of carbonyl (C=O) groups excluding carboxylic acids is 2. The van der Waals surface area contributed by atoms with E-state index in [1.165, 1.54) is 6.21 Å². The Morgan fingerprint density at radius 2 is 1.62 bits per heavy atom. The zero-order valence-electron chi connectivity index (χ0n) is 19.2. The summed E-state index contributed by atoms with van der Waals surface area (Å²) in [6.45, 7) is 6.51. The average molecular weight is 480 g/mol. The minimum absolute atomic E-state index is 0.357. The van der Waals surface area contributed by atoms with Crippen molar-refractivity contribution in [3.05, 3.63) is 87.9 Å². The van der Waals surface area contributed by atoms with Crippen molar-refractivity contribution in [1.82, 2.24) is 5.43 Å². The van der Waals surface area contributed by atoms with Crippen LogP contribution in [0.25, 0.3) is 0 Å². The van der Waals surface area contributed by atoms with Crippen molar-refractivity contribution >= 4 is 35.3 Å². The molecule has 2 N–H and O–H groups in total. The van der Waals surface area contributed by atoms with Crippen molar-refractivity contribution in [3.63, 3.8) is 0 Å². The van der Waals surface area contributed by atoms with Crippen LogP contribution in [0.1, 0.15) is 29.2 Å². The third-order valence-electron chi connectivity index (χ3n) is 4.64. The zero-order valence-corrected chi connectivity index (χ0v) is 20.0. The van der Waals surface area contributed by atoms with Crippen LogP contribution in [0.15, 0.2) is 65.8 Å². The van der Waals surface area contributed by atoms with Crippen LogP contribution in [0.2, 0.25) is 5.02 Å². The van der Waals surface area contributed by atoms with Gasteiger partial charge in [-0.15, -0.1) is 0 Å². The Labute approximate surface area is 203 Å². The first-order valence-corrected chi connectivity index (χ1v) is 11.1. The maximum absolute atomic E-state index is 12.1. The molecular formula is C26H26ClN3O4. The standard InChI is InChI=1S/C26H26ClN3O4/c1-4-33-24-14-20(7-10-23(24)34-16-19-5-8-21(27)9-6-19)15-28-30-26(32)25(31)29-22-12-17(2)11-18(3)13-22/h5-15H,4,16H2,1-3H3,(H,29,31)(H,30,32)/b28-15+. The molecule has 7 nitrogen and oxygen atoms in total. The number of rotatable bonds is 8. The number of hydrazone groups is 1. The van der Waals surface area contributed by atoms with Gasteiger partial charge in [-0.05, 0) is 85.5 Å². The summed E-state index contributed by atoms with van der Waals surface area (Å²) in [6.07, 6.45) is 1.42. The molecule has 0 aromatic heterocycles. The van der Waals surface area contributed by atoms with Gasteiger partial charge in [0, 0.05) is 10.7 Å². The molecule has 3 aromatic rings. The van der Waals surface area contributed by atoms with Crippen molar-refractivity contribution < 1.29 is 19.1 Å². The second-order valence-corrected chi connectivity index (χ2v) is 8.02. The molecule has 176 valence electrons. The van der Waals surface area contributed by atoms with Gasteiger partial charge in [0.15, 0.2) is 11.5 Å². The van der Waals surface area contributed by atoms with Gasteiger partial charge in [0.05, 0.1) is 12.8 Å². The molecule has 0 spiro atoms. The number of nitrogens with one attached hydrogen (secondary N) is 2. The highest BCUT2D eigenvalue weighted by molar-refractivity contribution is 6.39. The van der Waals surface area contributed by atoms with Crippen LogP contribution in [0.3, 0.4) is 0 Å². The normalized spacial score (nSPS) is 10.7. The predicted octanol–water partition coefficient (Wildman–Crippen LogP) is 5.02. The summed E-state index contributed by atoms with van der Waals surface area (Å²) >= 11 is 5.92. The number of amides is 2. The van der Waals surface area contributed by atoms with Gasteiger partial charge >= 0.3 is 11.8 Å². The molecule has 0 fully saturated rings. The van der Waals surface area contributed by atoms with Gasteiger partial charge in [-0.3, -0.25) is 9.59 Å². The van der Waals surface area contributed by atoms with Gasteiger partial charge in [-0.2, -0.15) is 5.10 Å². The lowest BCUT2D eigenvalue weighted by Crippen LogP contribution is -2.32. The first-order chi connectivity index (χ1) is 16.3. The smallest absolute Gasteiger partial charge is 0.329 e. The van der Waals surface area contributed by atoms with Crippen LogP contribution >= 0.6 is 11.6 Å². The molecule has 0 saturated carbocycles.